The summed E-state index contributed by atoms with van der Waals surface area (Å²) in [5.74, 6) is 9.87. The first-order chi connectivity index (χ1) is 17.5. The Labute approximate surface area is 239 Å². The number of benzene rings is 3. The quantitative estimate of drug-likeness (QED) is 0.195. The molecule has 0 aliphatic heterocycles. The molecule has 0 amide bonds. The predicted molar refractivity (Wildman–Crippen MR) is 146 cm³/mol. The van der Waals surface area contributed by atoms with E-state index in [1.165, 1.54) is 58.1 Å². The smallest absolute Gasteiger partial charge is 0 e. The largest absolute Gasteiger partial charge is 0 e. The van der Waals surface area contributed by atoms with Crippen LogP contribution in [0.15, 0.2) is 91.0 Å². The van der Waals surface area contributed by atoms with Crippen molar-refractivity contribution >= 4 is 0 Å². The van der Waals surface area contributed by atoms with Crippen LogP contribution in [0.5, 0.6) is 0 Å². The molecule has 37 heavy (non-hydrogen) atoms. The molecule has 3 heteroatoms. The summed E-state index contributed by atoms with van der Waals surface area (Å²) in [6, 6.07) is 31.8. The fourth-order valence-electron chi connectivity index (χ4n) is 4.17. The van der Waals surface area contributed by atoms with Crippen LogP contribution in [0.4, 0.5) is 0 Å². The molecule has 189 valence electrons. The summed E-state index contributed by atoms with van der Waals surface area (Å²) in [4.78, 5) is 0. The molecule has 0 saturated heterocycles. The van der Waals surface area contributed by atoms with Crippen LogP contribution in [0.1, 0.15) is 58.2 Å². The van der Waals surface area contributed by atoms with Crippen molar-refractivity contribution in [2.45, 2.75) is 41.5 Å². The van der Waals surface area contributed by atoms with Gasteiger partial charge in [-0.1, -0.05) is 133 Å². The van der Waals surface area contributed by atoms with Crippen molar-refractivity contribution < 1.29 is 29.7 Å². The molecule has 4 rings (SSSR count). The topological polar surface area (TPSA) is 39.8 Å². The van der Waals surface area contributed by atoms with E-state index < -0.39 is 0 Å². The van der Waals surface area contributed by atoms with Crippen LogP contribution < -0.4 is 0 Å². The van der Waals surface area contributed by atoms with Crippen LogP contribution in [0.2, 0.25) is 0 Å². The first-order valence-electron chi connectivity index (χ1n) is 11.8. The van der Waals surface area contributed by atoms with Crippen LogP contribution in [-0.2, 0) is 29.7 Å². The van der Waals surface area contributed by atoms with Crippen molar-refractivity contribution in [1.29, 1.82) is 0 Å². The third kappa shape index (κ3) is 9.56. The zero-order valence-corrected chi connectivity index (χ0v) is 25.1. The fourth-order valence-corrected chi connectivity index (χ4v) is 4.17. The van der Waals surface area contributed by atoms with Gasteiger partial charge in [-0.2, -0.15) is 0 Å². The number of hydrogen-bond donors (Lipinski definition) is 0. The van der Waals surface area contributed by atoms with E-state index in [0.29, 0.717) is 0 Å². The third-order valence-corrected chi connectivity index (χ3v) is 6.58. The molecule has 2 nitrogen and oxygen atoms in total. The van der Waals surface area contributed by atoms with Crippen LogP contribution in [-0.4, -0.2) is 0 Å². The molecule has 0 aromatic heterocycles. The first-order valence-corrected chi connectivity index (χ1v) is 11.8. The molecule has 1 aliphatic rings. The molecule has 0 N–H and O–H groups in total. The van der Waals surface area contributed by atoms with Crippen molar-refractivity contribution in [3.05, 3.63) is 169 Å². The summed E-state index contributed by atoms with van der Waals surface area (Å²) in [6.07, 6.45) is 2.20. The second-order valence-corrected chi connectivity index (χ2v) is 8.30. The van der Waals surface area contributed by atoms with E-state index in [1.54, 1.807) is 0 Å². The molecule has 0 bridgehead atoms. The van der Waals surface area contributed by atoms with Gasteiger partial charge in [0.25, 0.3) is 0 Å². The zero-order chi connectivity index (χ0) is 27.1. The summed E-state index contributed by atoms with van der Waals surface area (Å²) >= 11 is 0. The van der Waals surface area contributed by atoms with E-state index >= 15 is 0 Å². The predicted octanol–water partition coefficient (Wildman–Crippen LogP) is 8.40. The van der Waals surface area contributed by atoms with E-state index in [0.717, 1.165) is 0 Å². The minimum absolute atomic E-state index is 0. The van der Waals surface area contributed by atoms with Gasteiger partial charge < -0.3 is 0 Å². The average Bonchev–Trinajstić information content (AvgIpc) is 3.13. The molecule has 3 aromatic rings. The van der Waals surface area contributed by atoms with Gasteiger partial charge in [-0.3, -0.25) is 0 Å². The maximum Gasteiger partial charge on any atom is 0 e. The van der Waals surface area contributed by atoms with Gasteiger partial charge in [-0.05, 0) is 52.7 Å². The van der Waals surface area contributed by atoms with Crippen molar-refractivity contribution in [3.8, 4) is 0 Å². The normalized spacial score (nSPS) is 14.4. The van der Waals surface area contributed by atoms with Crippen LogP contribution in [0.3, 0.4) is 0 Å². The monoisotopic (exact) mass is 661 g/mol. The molecular weight excluding hydrogens is 627 g/mol. The number of rotatable bonds is 5. The second-order valence-electron chi connectivity index (χ2n) is 8.30. The van der Waals surface area contributed by atoms with Crippen LogP contribution in [0.25, 0.3) is 0 Å². The van der Waals surface area contributed by atoms with E-state index in [4.69, 9.17) is 9.30 Å². The van der Waals surface area contributed by atoms with Crippen molar-refractivity contribution in [2.24, 2.45) is 0 Å². The van der Waals surface area contributed by atoms with Gasteiger partial charge in [0.1, 0.15) is 0 Å². The Balaban J connectivity index is 0.000000730. The Morgan fingerprint density at radius 3 is 0.973 bits per heavy atom. The minimum Gasteiger partial charge on any atom is 0 e. The minimum atomic E-state index is 0. The fraction of sp³-hybridized carbons (Fsp3) is 0.176. The van der Waals surface area contributed by atoms with Gasteiger partial charge in [-0.25, -0.2) is 0 Å². The standard InChI is InChI=1S/C22H19.C10H15.2CO.Re/c1-2-21(18-12-6-3-7-13-18)22(19-14-8-4-9-15-19)20-16-10-5-11-17-20;1-6-7(2)9(4)10(5)8(6)3;2*1-2;/h2-17H,1H3;1-5H3;;;. The molecule has 0 unspecified atom stereocenters. The summed E-state index contributed by atoms with van der Waals surface area (Å²) in [6.45, 7) is 22.1. The molecule has 9 radical (unpaired) electrons. The van der Waals surface area contributed by atoms with Gasteiger partial charge in [0.05, 0.1) is 0 Å². The second kappa shape index (κ2) is 19.0. The van der Waals surface area contributed by atoms with Gasteiger partial charge in [0.15, 0.2) is 0 Å². The van der Waals surface area contributed by atoms with E-state index in [-0.39, 0.29) is 20.4 Å². The Bertz CT molecular complexity index is 910. The van der Waals surface area contributed by atoms with Crippen molar-refractivity contribution in [3.63, 3.8) is 0 Å². The van der Waals surface area contributed by atoms with Gasteiger partial charge >= 0.3 is 22.6 Å². The van der Waals surface area contributed by atoms with Crippen molar-refractivity contribution in [1.82, 2.24) is 0 Å². The summed E-state index contributed by atoms with van der Waals surface area (Å²) in [5.41, 5.74) is 3.73. The van der Waals surface area contributed by atoms with Gasteiger partial charge in [0, 0.05) is 32.3 Å². The number of hydrogen-bond acceptors (Lipinski definition) is 0. The Morgan fingerprint density at radius 1 is 0.486 bits per heavy atom. The zero-order valence-electron chi connectivity index (χ0n) is 22.4. The van der Waals surface area contributed by atoms with Crippen LogP contribution >= 0.6 is 0 Å². The molecular formula is C34H34O2Re. The van der Waals surface area contributed by atoms with Gasteiger partial charge in [-0.15, -0.1) is 0 Å². The Kier molecular flexibility index (Phi) is 17.8. The third-order valence-electron chi connectivity index (χ3n) is 6.58. The van der Waals surface area contributed by atoms with Crippen LogP contribution in [0, 0.1) is 61.1 Å². The maximum absolute atomic E-state index is 7.50. The van der Waals surface area contributed by atoms with Gasteiger partial charge in [0.2, 0.25) is 0 Å². The van der Waals surface area contributed by atoms with Crippen molar-refractivity contribution in [2.75, 3.05) is 0 Å². The molecule has 1 saturated carbocycles. The van der Waals surface area contributed by atoms with E-state index in [1.807, 2.05) is 0 Å². The summed E-state index contributed by atoms with van der Waals surface area (Å²) in [7, 11) is 0. The SMILES string of the molecule is C[CH][C]([C](c1ccccc1)c1ccccc1)c1ccccc1.C[C]1[C](C)[C](C)[C](C)[C]1C.[C-]#[O+].[C-]#[O+].[Re]. The average molecular weight is 661 g/mol. The molecule has 0 spiro atoms. The maximum atomic E-state index is 7.50. The Hall–Kier alpha value is -2.20. The van der Waals surface area contributed by atoms with E-state index in [9.17, 15) is 0 Å². The molecule has 3 aromatic carbocycles. The van der Waals surface area contributed by atoms with E-state index in [2.05, 4.69) is 152 Å². The molecule has 0 atom stereocenters. The summed E-state index contributed by atoms with van der Waals surface area (Å²) < 4.78 is 15.0. The molecule has 0 heterocycles. The first kappa shape index (κ1) is 34.8. The molecule has 1 aliphatic carbocycles. The summed E-state index contributed by atoms with van der Waals surface area (Å²) in [5, 5.41) is 0. The molecule has 1 fully saturated rings. The Morgan fingerprint density at radius 2 is 0.730 bits per heavy atom.